The van der Waals surface area contributed by atoms with E-state index in [0.29, 0.717) is 22.3 Å². The van der Waals surface area contributed by atoms with Gasteiger partial charge in [0.15, 0.2) is 5.78 Å². The Kier molecular flexibility index (Phi) is 4.36. The number of carbonyl (C=O) groups is 1. The minimum Gasteiger partial charge on any atom is -0.345 e. The zero-order valence-electron chi connectivity index (χ0n) is 12.8. The van der Waals surface area contributed by atoms with Crippen LogP contribution in [-0.2, 0) is 10.8 Å². The van der Waals surface area contributed by atoms with Crippen LogP contribution in [0.1, 0.15) is 21.5 Å². The first-order valence-corrected chi connectivity index (χ1v) is 8.68. The quantitative estimate of drug-likeness (QED) is 0.586. The third-order valence-electron chi connectivity index (χ3n) is 3.56. The summed E-state index contributed by atoms with van der Waals surface area (Å²) in [4.78, 5) is 20.1. The van der Waals surface area contributed by atoms with E-state index < -0.39 is 10.8 Å². The Hall–Kier alpha value is -3.04. The molecule has 24 heavy (non-hydrogen) atoms. The second-order valence-electron chi connectivity index (χ2n) is 5.13. The van der Waals surface area contributed by atoms with E-state index in [9.17, 15) is 9.00 Å². The van der Waals surface area contributed by atoms with E-state index in [1.54, 1.807) is 42.7 Å². The standard InChI is InChI=1S/C18H13N3O2S/c1-24(23)14(10-19)9-12-4-2-5-13(8-12)17(22)16-11-21-18-15(16)6-3-7-20-18/h2-9,11H,1H3,(H,20,21)/b14-9+. The van der Waals surface area contributed by atoms with Crippen LogP contribution in [0.25, 0.3) is 17.1 Å². The molecule has 0 saturated heterocycles. The molecule has 3 rings (SSSR count). The molecule has 0 aliphatic rings. The normalized spacial score (nSPS) is 12.8. The summed E-state index contributed by atoms with van der Waals surface area (Å²) in [6.07, 6.45) is 6.28. The van der Waals surface area contributed by atoms with Crippen LogP contribution in [0.4, 0.5) is 0 Å². The summed E-state index contributed by atoms with van der Waals surface area (Å²) < 4.78 is 11.5. The van der Waals surface area contributed by atoms with Crippen molar-refractivity contribution in [2.75, 3.05) is 6.26 Å². The fourth-order valence-corrected chi connectivity index (χ4v) is 2.83. The molecule has 118 valence electrons. The van der Waals surface area contributed by atoms with E-state index in [0.717, 1.165) is 5.39 Å². The number of aromatic amines is 1. The lowest BCUT2D eigenvalue weighted by Crippen LogP contribution is -2.00. The molecule has 0 aliphatic heterocycles. The van der Waals surface area contributed by atoms with Crippen molar-refractivity contribution in [3.8, 4) is 6.07 Å². The van der Waals surface area contributed by atoms with Gasteiger partial charge in [-0.2, -0.15) is 5.26 Å². The highest BCUT2D eigenvalue weighted by Crippen LogP contribution is 2.20. The van der Waals surface area contributed by atoms with Crippen LogP contribution in [0.5, 0.6) is 0 Å². The number of nitriles is 1. The van der Waals surface area contributed by atoms with Crippen LogP contribution in [0.15, 0.2) is 53.7 Å². The minimum absolute atomic E-state index is 0.138. The van der Waals surface area contributed by atoms with Gasteiger partial charge in [0.25, 0.3) is 0 Å². The molecular formula is C18H13N3O2S. The van der Waals surface area contributed by atoms with Crippen LogP contribution in [0.2, 0.25) is 0 Å². The molecule has 0 aliphatic carbocycles. The van der Waals surface area contributed by atoms with E-state index in [-0.39, 0.29) is 10.7 Å². The van der Waals surface area contributed by atoms with Gasteiger partial charge < -0.3 is 4.98 Å². The number of aromatic nitrogens is 2. The second-order valence-corrected chi connectivity index (χ2v) is 6.48. The van der Waals surface area contributed by atoms with Gasteiger partial charge in [-0.3, -0.25) is 9.00 Å². The summed E-state index contributed by atoms with van der Waals surface area (Å²) >= 11 is 0. The summed E-state index contributed by atoms with van der Waals surface area (Å²) in [6.45, 7) is 0. The zero-order valence-corrected chi connectivity index (χ0v) is 13.6. The van der Waals surface area contributed by atoms with E-state index >= 15 is 0 Å². The Bertz CT molecular complexity index is 1030. The van der Waals surface area contributed by atoms with E-state index in [2.05, 4.69) is 9.97 Å². The molecule has 0 bridgehead atoms. The monoisotopic (exact) mass is 335 g/mol. The number of benzene rings is 1. The van der Waals surface area contributed by atoms with E-state index in [4.69, 9.17) is 5.26 Å². The van der Waals surface area contributed by atoms with Crippen molar-refractivity contribution in [3.63, 3.8) is 0 Å². The smallest absolute Gasteiger partial charge is 0.195 e. The molecule has 1 N–H and O–H groups in total. The zero-order chi connectivity index (χ0) is 17.1. The van der Waals surface area contributed by atoms with Gasteiger partial charge in [0.05, 0.1) is 10.8 Å². The molecule has 6 heteroatoms. The largest absolute Gasteiger partial charge is 0.345 e. The predicted molar refractivity (Wildman–Crippen MR) is 93.6 cm³/mol. The van der Waals surface area contributed by atoms with Crippen LogP contribution in [0.3, 0.4) is 0 Å². The van der Waals surface area contributed by atoms with Crippen LogP contribution < -0.4 is 0 Å². The number of hydrogen-bond acceptors (Lipinski definition) is 4. The lowest BCUT2D eigenvalue weighted by Gasteiger charge is -2.02. The van der Waals surface area contributed by atoms with Crippen LogP contribution in [-0.4, -0.2) is 26.2 Å². The molecule has 1 aromatic carbocycles. The van der Waals surface area contributed by atoms with Gasteiger partial charge in [-0.05, 0) is 29.8 Å². The van der Waals surface area contributed by atoms with Crippen molar-refractivity contribution in [1.29, 1.82) is 5.26 Å². The van der Waals surface area contributed by atoms with Gasteiger partial charge >= 0.3 is 0 Å². The number of allylic oxidation sites excluding steroid dienone is 1. The van der Waals surface area contributed by atoms with Gasteiger partial charge in [-0.1, -0.05) is 18.2 Å². The van der Waals surface area contributed by atoms with Crippen molar-refractivity contribution in [3.05, 3.63) is 70.4 Å². The van der Waals surface area contributed by atoms with Gasteiger partial charge in [-0.15, -0.1) is 0 Å². The van der Waals surface area contributed by atoms with Crippen molar-refractivity contribution >= 4 is 33.7 Å². The Balaban J connectivity index is 2.02. The molecule has 2 heterocycles. The number of pyridine rings is 1. The molecule has 3 aromatic rings. The van der Waals surface area contributed by atoms with Crippen LogP contribution in [0, 0.1) is 11.3 Å². The van der Waals surface area contributed by atoms with Crippen molar-refractivity contribution in [2.45, 2.75) is 0 Å². The average molecular weight is 335 g/mol. The summed E-state index contributed by atoms with van der Waals surface area (Å²) in [5, 5.41) is 9.78. The third-order valence-corrected chi connectivity index (χ3v) is 4.39. The maximum Gasteiger partial charge on any atom is 0.195 e. The van der Waals surface area contributed by atoms with Gasteiger partial charge in [0.1, 0.15) is 16.6 Å². The fourth-order valence-electron chi connectivity index (χ4n) is 2.40. The molecule has 0 spiro atoms. The summed E-state index contributed by atoms with van der Waals surface area (Å²) in [7, 11) is -1.37. The van der Waals surface area contributed by atoms with Crippen LogP contribution >= 0.6 is 0 Å². The van der Waals surface area contributed by atoms with Crippen molar-refractivity contribution in [1.82, 2.24) is 9.97 Å². The highest BCUT2D eigenvalue weighted by molar-refractivity contribution is 7.88. The SMILES string of the molecule is CS(=O)/C(C#N)=C/c1cccc(C(=O)c2c[nH]c3ncccc23)c1. The lowest BCUT2D eigenvalue weighted by atomic mass is 10.0. The number of hydrogen-bond donors (Lipinski definition) is 1. The minimum atomic E-state index is -1.37. The Labute approximate surface area is 141 Å². The second kappa shape index (κ2) is 6.60. The van der Waals surface area contributed by atoms with Crippen molar-refractivity contribution < 1.29 is 9.00 Å². The van der Waals surface area contributed by atoms with Gasteiger partial charge in [-0.25, -0.2) is 4.98 Å². The summed E-state index contributed by atoms with van der Waals surface area (Å²) in [5.41, 5.74) is 2.35. The van der Waals surface area contributed by atoms with Gasteiger partial charge in [0.2, 0.25) is 0 Å². The molecule has 5 nitrogen and oxygen atoms in total. The molecule has 2 aromatic heterocycles. The molecule has 0 saturated carbocycles. The van der Waals surface area contributed by atoms with E-state index in [1.165, 1.54) is 12.3 Å². The number of carbonyl (C=O) groups excluding carboxylic acids is 1. The molecule has 1 atom stereocenters. The maximum atomic E-state index is 12.8. The molecular weight excluding hydrogens is 322 g/mol. The summed E-state index contributed by atoms with van der Waals surface area (Å²) in [5.74, 6) is -0.138. The predicted octanol–water partition coefficient (Wildman–Crippen LogP) is 3.04. The molecule has 0 amide bonds. The highest BCUT2D eigenvalue weighted by atomic mass is 32.2. The number of H-pyrrole nitrogens is 1. The number of ketones is 1. The number of rotatable bonds is 4. The highest BCUT2D eigenvalue weighted by Gasteiger charge is 2.14. The lowest BCUT2D eigenvalue weighted by molar-refractivity contribution is 0.104. The number of fused-ring (bicyclic) bond motifs is 1. The Morgan fingerprint density at radius 2 is 2.17 bits per heavy atom. The molecule has 0 fully saturated rings. The summed E-state index contributed by atoms with van der Waals surface area (Å²) in [6, 6.07) is 12.4. The Morgan fingerprint density at radius 1 is 1.33 bits per heavy atom. The number of nitrogens with zero attached hydrogens (tertiary/aromatic N) is 2. The molecule has 0 radical (unpaired) electrons. The first-order chi connectivity index (χ1) is 11.6. The number of nitrogens with one attached hydrogen (secondary N) is 1. The molecule has 1 unspecified atom stereocenters. The van der Waals surface area contributed by atoms with Crippen molar-refractivity contribution in [2.24, 2.45) is 0 Å². The Morgan fingerprint density at radius 3 is 2.92 bits per heavy atom. The fraction of sp³-hybridized carbons (Fsp3) is 0.0556. The topological polar surface area (TPSA) is 86.6 Å². The van der Waals surface area contributed by atoms with Gasteiger partial charge in [0, 0.05) is 35.2 Å². The average Bonchev–Trinajstić information content (AvgIpc) is 3.03. The maximum absolute atomic E-state index is 12.8. The van der Waals surface area contributed by atoms with E-state index in [1.807, 2.05) is 12.1 Å². The first-order valence-electron chi connectivity index (χ1n) is 7.12. The third kappa shape index (κ3) is 3.03. The first kappa shape index (κ1) is 15.8.